The van der Waals surface area contributed by atoms with Crippen molar-refractivity contribution in [3.8, 4) is 11.5 Å². The molecule has 0 fully saturated rings. The largest absolute Gasteiger partial charge is 0.504 e. The molecule has 0 unspecified atom stereocenters. The van der Waals surface area contributed by atoms with Crippen LogP contribution < -0.4 is 0 Å². The fourth-order valence-electron chi connectivity index (χ4n) is 0.464. The summed E-state index contributed by atoms with van der Waals surface area (Å²) < 4.78 is 0. The van der Waals surface area contributed by atoms with Crippen molar-refractivity contribution >= 4 is 24.8 Å². The van der Waals surface area contributed by atoms with E-state index in [9.17, 15) is 0 Å². The number of benzene rings is 1. The summed E-state index contributed by atoms with van der Waals surface area (Å²) in [6.45, 7) is 0. The number of rotatable bonds is 0. The summed E-state index contributed by atoms with van der Waals surface area (Å²) in [7, 11) is 0. The van der Waals surface area contributed by atoms with E-state index in [0.29, 0.717) is 0 Å². The Labute approximate surface area is 71.3 Å². The Morgan fingerprint density at radius 3 is 1.30 bits per heavy atom. The molecule has 1 aromatic carbocycles. The summed E-state index contributed by atoms with van der Waals surface area (Å²) in [5, 5.41) is 17.3. The van der Waals surface area contributed by atoms with E-state index in [1.165, 1.54) is 12.1 Å². The first kappa shape index (κ1) is 12.1. The molecule has 0 aliphatic heterocycles. The first-order chi connectivity index (χ1) is 3.80. The van der Waals surface area contributed by atoms with Crippen molar-refractivity contribution in [2.45, 2.75) is 0 Å². The van der Waals surface area contributed by atoms with Gasteiger partial charge in [-0.15, -0.1) is 24.8 Å². The number of hydrogen-bond donors (Lipinski definition) is 2. The van der Waals surface area contributed by atoms with Gasteiger partial charge in [0.15, 0.2) is 11.5 Å². The molecule has 0 aliphatic rings. The topological polar surface area (TPSA) is 40.5 Å². The highest BCUT2D eigenvalue weighted by atomic mass is 35.5. The highest BCUT2D eigenvalue weighted by Crippen LogP contribution is 2.21. The normalized spacial score (nSPS) is 7.20. The van der Waals surface area contributed by atoms with E-state index >= 15 is 0 Å². The van der Waals surface area contributed by atoms with Gasteiger partial charge in [-0.1, -0.05) is 12.1 Å². The Kier molecular flexibility index (Phi) is 6.31. The third-order valence-electron chi connectivity index (χ3n) is 0.882. The van der Waals surface area contributed by atoms with Gasteiger partial charge in [0.2, 0.25) is 0 Å². The molecule has 0 saturated carbocycles. The number of para-hydroxylation sites is 2. The van der Waals surface area contributed by atoms with Crippen LogP contribution in [0, 0.1) is 0 Å². The molecule has 0 aliphatic carbocycles. The average molecular weight is 183 g/mol. The predicted molar refractivity (Wildman–Crippen MR) is 44.3 cm³/mol. The number of halogens is 2. The van der Waals surface area contributed by atoms with E-state index in [0.717, 1.165) is 0 Å². The van der Waals surface area contributed by atoms with E-state index in [2.05, 4.69) is 0 Å². The van der Waals surface area contributed by atoms with Gasteiger partial charge in [-0.25, -0.2) is 0 Å². The molecule has 1 rings (SSSR count). The van der Waals surface area contributed by atoms with Crippen LogP contribution in [0.2, 0.25) is 0 Å². The molecular weight excluding hydrogens is 175 g/mol. The molecule has 0 radical (unpaired) electrons. The van der Waals surface area contributed by atoms with E-state index in [1.807, 2.05) is 0 Å². The fraction of sp³-hybridized carbons (Fsp3) is 0. The summed E-state index contributed by atoms with van der Waals surface area (Å²) >= 11 is 0. The van der Waals surface area contributed by atoms with Crippen LogP contribution in [0.15, 0.2) is 24.3 Å². The molecule has 10 heavy (non-hydrogen) atoms. The maximum Gasteiger partial charge on any atom is 0.157 e. The lowest BCUT2D eigenvalue weighted by Gasteiger charge is -1.91. The van der Waals surface area contributed by atoms with Crippen LogP contribution in [0.1, 0.15) is 0 Å². The van der Waals surface area contributed by atoms with Crippen molar-refractivity contribution in [2.75, 3.05) is 0 Å². The lowest BCUT2D eigenvalue weighted by molar-refractivity contribution is 0.404. The van der Waals surface area contributed by atoms with E-state index < -0.39 is 0 Å². The monoisotopic (exact) mass is 182 g/mol. The molecule has 1 aromatic rings. The van der Waals surface area contributed by atoms with Crippen molar-refractivity contribution in [3.05, 3.63) is 24.3 Å². The van der Waals surface area contributed by atoms with Crippen LogP contribution in [0.5, 0.6) is 11.5 Å². The highest BCUT2D eigenvalue weighted by Gasteiger charge is 1.90. The Morgan fingerprint density at radius 2 is 1.10 bits per heavy atom. The molecule has 0 amide bonds. The van der Waals surface area contributed by atoms with Crippen molar-refractivity contribution < 1.29 is 10.2 Å². The molecule has 4 heteroatoms. The van der Waals surface area contributed by atoms with Crippen LogP contribution in [-0.2, 0) is 0 Å². The first-order valence-corrected chi connectivity index (χ1v) is 2.27. The Balaban J connectivity index is 0. The molecular formula is C6H8Cl2O2. The Morgan fingerprint density at radius 1 is 0.800 bits per heavy atom. The summed E-state index contributed by atoms with van der Waals surface area (Å²) in [6, 6.07) is 6.15. The maximum atomic E-state index is 8.67. The van der Waals surface area contributed by atoms with Crippen LogP contribution >= 0.6 is 24.8 Å². The van der Waals surface area contributed by atoms with E-state index in [4.69, 9.17) is 10.2 Å². The molecule has 2 N–H and O–H groups in total. The number of phenolic OH excluding ortho intramolecular Hbond substituents is 2. The van der Waals surface area contributed by atoms with Gasteiger partial charge >= 0.3 is 0 Å². The quantitative estimate of drug-likeness (QED) is 0.603. The van der Waals surface area contributed by atoms with Gasteiger partial charge in [-0.3, -0.25) is 0 Å². The van der Waals surface area contributed by atoms with Crippen LogP contribution in [0.3, 0.4) is 0 Å². The fourth-order valence-corrected chi connectivity index (χ4v) is 0.464. The zero-order valence-corrected chi connectivity index (χ0v) is 6.65. The number of phenols is 2. The minimum atomic E-state index is -0.0764. The van der Waals surface area contributed by atoms with Gasteiger partial charge in [0.1, 0.15) is 0 Å². The van der Waals surface area contributed by atoms with Crippen molar-refractivity contribution in [2.24, 2.45) is 0 Å². The van der Waals surface area contributed by atoms with Gasteiger partial charge in [-0.05, 0) is 12.1 Å². The molecule has 0 atom stereocenters. The summed E-state index contributed by atoms with van der Waals surface area (Å²) in [5.41, 5.74) is 0. The third kappa shape index (κ3) is 2.80. The molecule has 58 valence electrons. The zero-order valence-electron chi connectivity index (χ0n) is 5.02. The molecule has 0 heterocycles. The van der Waals surface area contributed by atoms with Crippen LogP contribution in [-0.4, -0.2) is 10.2 Å². The average Bonchev–Trinajstić information content (AvgIpc) is 1.77. The Bertz CT molecular complexity index is 170. The molecule has 2 nitrogen and oxygen atoms in total. The van der Waals surface area contributed by atoms with E-state index in [-0.39, 0.29) is 36.3 Å². The zero-order chi connectivity index (χ0) is 5.98. The molecule has 0 saturated heterocycles. The summed E-state index contributed by atoms with van der Waals surface area (Å²) in [5.74, 6) is -0.153. The minimum Gasteiger partial charge on any atom is -0.504 e. The lowest BCUT2D eigenvalue weighted by Crippen LogP contribution is -1.63. The van der Waals surface area contributed by atoms with Gasteiger partial charge in [0, 0.05) is 0 Å². The summed E-state index contributed by atoms with van der Waals surface area (Å²) in [4.78, 5) is 0. The second kappa shape index (κ2) is 5.21. The van der Waals surface area contributed by atoms with Crippen molar-refractivity contribution in [1.82, 2.24) is 0 Å². The highest BCUT2D eigenvalue weighted by molar-refractivity contribution is 5.85. The van der Waals surface area contributed by atoms with Crippen LogP contribution in [0.25, 0.3) is 0 Å². The SMILES string of the molecule is Cl.Cl.Oc1ccccc1O. The molecule has 0 bridgehead atoms. The van der Waals surface area contributed by atoms with Crippen LogP contribution in [0.4, 0.5) is 0 Å². The molecule has 0 spiro atoms. The van der Waals surface area contributed by atoms with Gasteiger partial charge in [0.25, 0.3) is 0 Å². The number of aromatic hydroxyl groups is 2. The summed E-state index contributed by atoms with van der Waals surface area (Å²) in [6.07, 6.45) is 0. The minimum absolute atomic E-state index is 0. The van der Waals surface area contributed by atoms with Gasteiger partial charge in [-0.2, -0.15) is 0 Å². The van der Waals surface area contributed by atoms with Crippen molar-refractivity contribution in [1.29, 1.82) is 0 Å². The first-order valence-electron chi connectivity index (χ1n) is 2.27. The van der Waals surface area contributed by atoms with E-state index in [1.54, 1.807) is 12.1 Å². The second-order valence-electron chi connectivity index (χ2n) is 1.49. The Hall–Kier alpha value is -0.600. The second-order valence-corrected chi connectivity index (χ2v) is 1.49. The predicted octanol–water partition coefficient (Wildman–Crippen LogP) is 1.94. The third-order valence-corrected chi connectivity index (χ3v) is 0.882. The lowest BCUT2D eigenvalue weighted by atomic mass is 10.3. The van der Waals surface area contributed by atoms with Gasteiger partial charge in [0.05, 0.1) is 0 Å². The molecule has 0 aromatic heterocycles. The number of hydrogen-bond acceptors (Lipinski definition) is 2. The standard InChI is InChI=1S/C6H6O2.2ClH/c7-5-3-1-2-4-6(5)8;;/h1-4,7-8H;2*1H. The van der Waals surface area contributed by atoms with Crippen molar-refractivity contribution in [3.63, 3.8) is 0 Å². The van der Waals surface area contributed by atoms with Gasteiger partial charge < -0.3 is 10.2 Å². The smallest absolute Gasteiger partial charge is 0.157 e. The maximum absolute atomic E-state index is 8.67.